The first kappa shape index (κ1) is 11.8. The molecule has 0 radical (unpaired) electrons. The molecule has 90 valence electrons. The Hall–Kier alpha value is -1.68. The van der Waals surface area contributed by atoms with Gasteiger partial charge in [0.05, 0.1) is 12.7 Å². The average Bonchev–Trinajstić information content (AvgIpc) is 2.68. The third kappa shape index (κ3) is 2.53. The lowest BCUT2D eigenvalue weighted by molar-refractivity contribution is 0.572. The van der Waals surface area contributed by atoms with Crippen molar-refractivity contribution in [2.45, 2.75) is 13.5 Å². The molecule has 0 atom stereocenters. The second-order valence-electron chi connectivity index (χ2n) is 3.98. The maximum atomic E-state index is 13.2. The zero-order valence-electron chi connectivity index (χ0n) is 10.1. The first-order valence-corrected chi connectivity index (χ1v) is 5.65. The lowest BCUT2D eigenvalue weighted by Gasteiger charge is -2.05. The van der Waals surface area contributed by atoms with Crippen LogP contribution in [0.1, 0.15) is 5.69 Å². The number of likely N-dealkylation sites (N-methyl/N-ethyl adjacent to an activating group) is 1. The summed E-state index contributed by atoms with van der Waals surface area (Å²) >= 11 is 0. The molecule has 0 aliphatic rings. The molecule has 0 saturated carbocycles. The molecular formula is C13H16FN3. The van der Waals surface area contributed by atoms with Gasteiger partial charge in [-0.2, -0.15) is 5.10 Å². The van der Waals surface area contributed by atoms with Crippen molar-refractivity contribution >= 4 is 0 Å². The Bertz CT molecular complexity index is 505. The number of rotatable bonds is 4. The van der Waals surface area contributed by atoms with Gasteiger partial charge in [-0.15, -0.1) is 0 Å². The molecule has 2 aromatic rings. The van der Waals surface area contributed by atoms with Crippen LogP contribution in [0.5, 0.6) is 0 Å². The van der Waals surface area contributed by atoms with E-state index in [9.17, 15) is 4.39 Å². The van der Waals surface area contributed by atoms with Gasteiger partial charge in [-0.05, 0) is 31.7 Å². The Balaban J connectivity index is 2.30. The highest BCUT2D eigenvalue weighted by Gasteiger charge is 2.08. The van der Waals surface area contributed by atoms with Crippen LogP contribution >= 0.6 is 0 Å². The number of benzene rings is 1. The molecule has 3 nitrogen and oxygen atoms in total. The first-order valence-electron chi connectivity index (χ1n) is 5.65. The van der Waals surface area contributed by atoms with Crippen LogP contribution in [-0.4, -0.2) is 23.4 Å². The molecule has 0 bridgehead atoms. The molecule has 1 N–H and O–H groups in total. The van der Waals surface area contributed by atoms with Crippen LogP contribution in [0, 0.1) is 12.7 Å². The first-order chi connectivity index (χ1) is 8.22. The summed E-state index contributed by atoms with van der Waals surface area (Å²) in [6.45, 7) is 3.69. The summed E-state index contributed by atoms with van der Waals surface area (Å²) in [5, 5.41) is 7.39. The second kappa shape index (κ2) is 5.10. The van der Waals surface area contributed by atoms with E-state index in [2.05, 4.69) is 10.4 Å². The summed E-state index contributed by atoms with van der Waals surface area (Å²) in [5.74, 6) is -0.218. The largest absolute Gasteiger partial charge is 0.318 e. The Morgan fingerprint density at radius 1 is 1.41 bits per heavy atom. The minimum absolute atomic E-state index is 0.218. The lowest BCUT2D eigenvalue weighted by Crippen LogP contribution is -2.16. The van der Waals surface area contributed by atoms with Gasteiger partial charge in [0.1, 0.15) is 5.82 Å². The second-order valence-corrected chi connectivity index (χ2v) is 3.98. The number of hydrogen-bond acceptors (Lipinski definition) is 2. The summed E-state index contributed by atoms with van der Waals surface area (Å²) < 4.78 is 15.1. The van der Waals surface area contributed by atoms with Crippen LogP contribution < -0.4 is 5.32 Å². The monoisotopic (exact) mass is 233 g/mol. The van der Waals surface area contributed by atoms with Crippen LogP contribution in [0.15, 0.2) is 30.5 Å². The highest BCUT2D eigenvalue weighted by Crippen LogP contribution is 2.23. The molecule has 1 heterocycles. The molecular weight excluding hydrogens is 217 g/mol. The fourth-order valence-corrected chi connectivity index (χ4v) is 1.83. The van der Waals surface area contributed by atoms with Crippen molar-refractivity contribution in [1.29, 1.82) is 0 Å². The SMILES string of the molecule is CNCCn1ncc(-c2cccc(F)c2)c1C. The topological polar surface area (TPSA) is 29.9 Å². The van der Waals surface area contributed by atoms with Gasteiger partial charge < -0.3 is 5.32 Å². The van der Waals surface area contributed by atoms with Crippen molar-refractivity contribution in [3.05, 3.63) is 42.0 Å². The number of nitrogens with zero attached hydrogens (tertiary/aromatic N) is 2. The van der Waals surface area contributed by atoms with E-state index in [1.165, 1.54) is 12.1 Å². The van der Waals surface area contributed by atoms with E-state index in [0.29, 0.717) is 0 Å². The van der Waals surface area contributed by atoms with Crippen molar-refractivity contribution in [1.82, 2.24) is 15.1 Å². The van der Waals surface area contributed by atoms with Crippen LogP contribution in [0.2, 0.25) is 0 Å². The molecule has 0 fully saturated rings. The van der Waals surface area contributed by atoms with E-state index in [4.69, 9.17) is 0 Å². The lowest BCUT2D eigenvalue weighted by atomic mass is 10.1. The predicted octanol–water partition coefficient (Wildman–Crippen LogP) is 2.22. The van der Waals surface area contributed by atoms with Gasteiger partial charge in [-0.3, -0.25) is 4.68 Å². The number of halogens is 1. The van der Waals surface area contributed by atoms with E-state index in [-0.39, 0.29) is 5.82 Å². The van der Waals surface area contributed by atoms with Crippen molar-refractivity contribution in [2.75, 3.05) is 13.6 Å². The van der Waals surface area contributed by atoms with Gasteiger partial charge in [-0.25, -0.2) is 4.39 Å². The van der Waals surface area contributed by atoms with Crippen molar-refractivity contribution in [3.8, 4) is 11.1 Å². The Labute approximate surface area is 100 Å². The van der Waals surface area contributed by atoms with Gasteiger partial charge in [-0.1, -0.05) is 12.1 Å². The molecule has 0 saturated heterocycles. The fraction of sp³-hybridized carbons (Fsp3) is 0.308. The van der Waals surface area contributed by atoms with Gasteiger partial charge in [0, 0.05) is 17.8 Å². The summed E-state index contributed by atoms with van der Waals surface area (Å²) in [4.78, 5) is 0. The molecule has 4 heteroatoms. The molecule has 1 aromatic carbocycles. The Kier molecular flexibility index (Phi) is 3.54. The van der Waals surface area contributed by atoms with E-state index >= 15 is 0 Å². The average molecular weight is 233 g/mol. The zero-order valence-corrected chi connectivity index (χ0v) is 10.1. The number of aromatic nitrogens is 2. The molecule has 0 unspecified atom stereocenters. The molecule has 0 amide bonds. The quantitative estimate of drug-likeness (QED) is 0.877. The molecule has 17 heavy (non-hydrogen) atoms. The highest BCUT2D eigenvalue weighted by molar-refractivity contribution is 5.65. The molecule has 1 aromatic heterocycles. The van der Waals surface area contributed by atoms with Crippen LogP contribution in [-0.2, 0) is 6.54 Å². The van der Waals surface area contributed by atoms with E-state index in [0.717, 1.165) is 29.9 Å². The standard InChI is InChI=1S/C13H16FN3/c1-10-13(9-16-17(10)7-6-15-2)11-4-3-5-12(14)8-11/h3-5,8-9,15H,6-7H2,1-2H3. The summed E-state index contributed by atoms with van der Waals surface area (Å²) in [5.41, 5.74) is 2.92. The summed E-state index contributed by atoms with van der Waals surface area (Å²) in [6, 6.07) is 6.60. The Morgan fingerprint density at radius 3 is 2.94 bits per heavy atom. The van der Waals surface area contributed by atoms with Gasteiger partial charge in [0.2, 0.25) is 0 Å². The highest BCUT2D eigenvalue weighted by atomic mass is 19.1. The normalized spacial score (nSPS) is 10.8. The van der Waals surface area contributed by atoms with Gasteiger partial charge >= 0.3 is 0 Å². The van der Waals surface area contributed by atoms with E-state index in [1.54, 1.807) is 12.3 Å². The van der Waals surface area contributed by atoms with Crippen molar-refractivity contribution in [2.24, 2.45) is 0 Å². The maximum absolute atomic E-state index is 13.2. The van der Waals surface area contributed by atoms with Crippen molar-refractivity contribution in [3.63, 3.8) is 0 Å². The Morgan fingerprint density at radius 2 is 2.24 bits per heavy atom. The third-order valence-electron chi connectivity index (χ3n) is 2.81. The smallest absolute Gasteiger partial charge is 0.123 e. The minimum Gasteiger partial charge on any atom is -0.318 e. The maximum Gasteiger partial charge on any atom is 0.123 e. The predicted molar refractivity (Wildman–Crippen MR) is 66.3 cm³/mol. The van der Waals surface area contributed by atoms with Crippen molar-refractivity contribution < 1.29 is 4.39 Å². The fourth-order valence-electron chi connectivity index (χ4n) is 1.83. The zero-order chi connectivity index (χ0) is 12.3. The third-order valence-corrected chi connectivity index (χ3v) is 2.81. The van der Waals surface area contributed by atoms with E-state index in [1.807, 2.05) is 24.7 Å². The van der Waals surface area contributed by atoms with Crippen LogP contribution in [0.3, 0.4) is 0 Å². The van der Waals surface area contributed by atoms with Gasteiger partial charge in [0.25, 0.3) is 0 Å². The van der Waals surface area contributed by atoms with Crippen LogP contribution in [0.25, 0.3) is 11.1 Å². The molecule has 0 spiro atoms. The molecule has 2 rings (SSSR count). The number of hydrogen-bond donors (Lipinski definition) is 1. The van der Waals surface area contributed by atoms with E-state index < -0.39 is 0 Å². The van der Waals surface area contributed by atoms with Gasteiger partial charge in [0.15, 0.2) is 0 Å². The summed E-state index contributed by atoms with van der Waals surface area (Å²) in [7, 11) is 1.91. The van der Waals surface area contributed by atoms with Crippen LogP contribution in [0.4, 0.5) is 4.39 Å². The number of nitrogens with one attached hydrogen (secondary N) is 1. The minimum atomic E-state index is -0.218. The molecule has 0 aliphatic heterocycles. The molecule has 0 aliphatic carbocycles. The summed E-state index contributed by atoms with van der Waals surface area (Å²) in [6.07, 6.45) is 1.79.